The Balaban J connectivity index is 1.95. The van der Waals surface area contributed by atoms with Gasteiger partial charge in [0.15, 0.2) is 0 Å². The molecule has 0 aromatic heterocycles. The molecule has 0 fully saturated rings. The maximum atomic E-state index is 13.9. The molecule has 0 saturated carbocycles. The number of rotatable bonds is 4. The molecule has 1 atom stereocenters. The van der Waals surface area contributed by atoms with E-state index in [4.69, 9.17) is 23.2 Å². The van der Waals surface area contributed by atoms with Gasteiger partial charge in [-0.2, -0.15) is 0 Å². The Morgan fingerprint density at radius 1 is 1.21 bits per heavy atom. The summed E-state index contributed by atoms with van der Waals surface area (Å²) in [5.74, 6) is 0.784. The highest BCUT2D eigenvalue weighted by atomic mass is 35.5. The summed E-state index contributed by atoms with van der Waals surface area (Å²) in [5, 5.41) is 4.53. The number of nitrogens with one attached hydrogen (secondary N) is 1. The van der Waals surface area contributed by atoms with Gasteiger partial charge in [-0.05, 0) is 48.6 Å². The van der Waals surface area contributed by atoms with Crippen molar-refractivity contribution >= 4 is 29.0 Å². The van der Waals surface area contributed by atoms with Crippen LogP contribution in [0.15, 0.2) is 41.4 Å². The zero-order chi connectivity index (χ0) is 17.1. The number of benzene rings is 2. The van der Waals surface area contributed by atoms with Crippen LogP contribution >= 0.6 is 23.2 Å². The van der Waals surface area contributed by atoms with Crippen molar-refractivity contribution in [2.45, 2.75) is 32.2 Å². The van der Waals surface area contributed by atoms with Crippen molar-refractivity contribution < 1.29 is 4.39 Å². The van der Waals surface area contributed by atoms with Crippen molar-refractivity contribution in [3.63, 3.8) is 0 Å². The molecule has 0 aliphatic carbocycles. The highest BCUT2D eigenvalue weighted by molar-refractivity contribution is 6.42. The van der Waals surface area contributed by atoms with E-state index in [0.717, 1.165) is 36.3 Å². The van der Waals surface area contributed by atoms with Crippen molar-refractivity contribution in [3.8, 4) is 0 Å². The number of aliphatic imine (C=N–C) groups is 1. The second-order valence-electron chi connectivity index (χ2n) is 6.00. The second-order valence-corrected chi connectivity index (χ2v) is 6.79. The number of nitrogens with zero attached hydrogens (tertiary/aromatic N) is 1. The van der Waals surface area contributed by atoms with E-state index in [1.54, 1.807) is 19.1 Å². The molecule has 0 bridgehead atoms. The molecular formula is C19H19Cl2FN2. The van der Waals surface area contributed by atoms with Gasteiger partial charge in [0.2, 0.25) is 0 Å². The lowest BCUT2D eigenvalue weighted by Crippen LogP contribution is -2.29. The molecule has 2 aromatic rings. The van der Waals surface area contributed by atoms with Gasteiger partial charge < -0.3 is 5.32 Å². The predicted molar refractivity (Wildman–Crippen MR) is 98.7 cm³/mol. The van der Waals surface area contributed by atoms with E-state index >= 15 is 0 Å². The molecule has 0 spiro atoms. The second kappa shape index (κ2) is 7.54. The normalized spacial score (nSPS) is 15.2. The summed E-state index contributed by atoms with van der Waals surface area (Å²) >= 11 is 12.6. The monoisotopic (exact) mass is 364 g/mol. The standard InChI is InChI=1S/C19H19Cl2FN2/c1-12-13(5-2-8-16(12)22)11-17(24-18-9-4-10-23-18)14-6-3-7-15(20)19(14)21/h2-3,5-8,17H,4,9-11H2,1H3,(H,23,24). The van der Waals surface area contributed by atoms with Crippen LogP contribution in [0, 0.1) is 12.7 Å². The van der Waals surface area contributed by atoms with Gasteiger partial charge in [0.25, 0.3) is 0 Å². The molecule has 1 heterocycles. The van der Waals surface area contributed by atoms with E-state index in [1.165, 1.54) is 6.07 Å². The van der Waals surface area contributed by atoms with Crippen molar-refractivity contribution in [1.29, 1.82) is 0 Å². The number of halogens is 3. The molecule has 0 saturated heterocycles. The maximum absolute atomic E-state index is 13.9. The van der Waals surface area contributed by atoms with Crippen LogP contribution in [0.1, 0.15) is 35.6 Å². The fourth-order valence-electron chi connectivity index (χ4n) is 2.98. The van der Waals surface area contributed by atoms with Crippen LogP contribution < -0.4 is 5.32 Å². The molecule has 2 aromatic carbocycles. The van der Waals surface area contributed by atoms with E-state index in [2.05, 4.69) is 10.3 Å². The fraction of sp³-hybridized carbons (Fsp3) is 0.316. The third-order valence-corrected chi connectivity index (χ3v) is 5.21. The average molecular weight is 365 g/mol. The number of amidine groups is 1. The topological polar surface area (TPSA) is 24.4 Å². The molecule has 1 aliphatic heterocycles. The van der Waals surface area contributed by atoms with Crippen molar-refractivity contribution in [1.82, 2.24) is 5.32 Å². The van der Waals surface area contributed by atoms with E-state index in [1.807, 2.05) is 18.2 Å². The first-order valence-corrected chi connectivity index (χ1v) is 8.79. The van der Waals surface area contributed by atoms with Gasteiger partial charge in [0.05, 0.1) is 21.9 Å². The number of hydrogen-bond acceptors (Lipinski definition) is 2. The first-order chi connectivity index (χ1) is 11.6. The summed E-state index contributed by atoms with van der Waals surface area (Å²) in [6, 6.07) is 10.7. The third kappa shape index (κ3) is 3.73. The molecule has 5 heteroatoms. The molecule has 1 N–H and O–H groups in total. The van der Waals surface area contributed by atoms with Crippen LogP contribution in [0.3, 0.4) is 0 Å². The van der Waals surface area contributed by atoms with Crippen LogP contribution in [-0.4, -0.2) is 12.4 Å². The van der Waals surface area contributed by atoms with Gasteiger partial charge in [-0.25, -0.2) is 4.39 Å². The molecule has 1 unspecified atom stereocenters. The minimum Gasteiger partial charge on any atom is -0.367 e. The Morgan fingerprint density at radius 2 is 2.00 bits per heavy atom. The number of hydrogen-bond donors (Lipinski definition) is 1. The van der Waals surface area contributed by atoms with Crippen molar-refractivity contribution in [2.75, 3.05) is 6.54 Å². The van der Waals surface area contributed by atoms with Crippen molar-refractivity contribution in [2.24, 2.45) is 4.99 Å². The molecule has 2 nitrogen and oxygen atoms in total. The summed E-state index contributed by atoms with van der Waals surface area (Å²) in [4.78, 5) is 4.49. The highest BCUT2D eigenvalue weighted by Crippen LogP contribution is 2.32. The lowest BCUT2D eigenvalue weighted by Gasteiger charge is -2.23. The van der Waals surface area contributed by atoms with Crippen molar-refractivity contribution in [3.05, 3.63) is 69.0 Å². The minimum atomic E-state index is -0.193. The first kappa shape index (κ1) is 17.2. The van der Waals surface area contributed by atoms with E-state index in [0.29, 0.717) is 22.0 Å². The Morgan fingerprint density at radius 3 is 2.75 bits per heavy atom. The molecule has 3 rings (SSSR count). The maximum Gasteiger partial charge on any atom is 0.126 e. The van der Waals surface area contributed by atoms with Gasteiger partial charge >= 0.3 is 0 Å². The molecule has 24 heavy (non-hydrogen) atoms. The van der Waals surface area contributed by atoms with E-state index < -0.39 is 0 Å². The Kier molecular flexibility index (Phi) is 5.42. The molecule has 1 aliphatic rings. The summed E-state index contributed by atoms with van der Waals surface area (Å²) < 4.78 is 13.9. The Hall–Kier alpha value is -1.58. The SMILES string of the molecule is Cc1c(F)cccc1CC(NC1=NCCC1)c1cccc(Cl)c1Cl. The van der Waals surface area contributed by atoms with Crippen LogP contribution in [0.2, 0.25) is 10.0 Å². The molecule has 0 radical (unpaired) electrons. The molecule has 126 valence electrons. The van der Waals surface area contributed by atoms with Gasteiger partial charge in [-0.3, -0.25) is 4.99 Å². The largest absolute Gasteiger partial charge is 0.367 e. The van der Waals surface area contributed by atoms with Gasteiger partial charge in [0, 0.05) is 13.0 Å². The summed E-state index contributed by atoms with van der Waals surface area (Å²) in [6.45, 7) is 2.64. The lowest BCUT2D eigenvalue weighted by atomic mass is 9.95. The Bertz CT molecular complexity index is 774. The van der Waals surface area contributed by atoms with Crippen LogP contribution in [0.4, 0.5) is 4.39 Å². The van der Waals surface area contributed by atoms with Gasteiger partial charge in [0.1, 0.15) is 5.82 Å². The van der Waals surface area contributed by atoms with Gasteiger partial charge in [-0.1, -0.05) is 47.5 Å². The smallest absolute Gasteiger partial charge is 0.126 e. The summed E-state index contributed by atoms with van der Waals surface area (Å²) in [7, 11) is 0. The molecular weight excluding hydrogens is 346 g/mol. The van der Waals surface area contributed by atoms with Crippen LogP contribution in [-0.2, 0) is 6.42 Å². The average Bonchev–Trinajstić information content (AvgIpc) is 3.07. The third-order valence-electron chi connectivity index (χ3n) is 4.38. The fourth-order valence-corrected chi connectivity index (χ4v) is 3.42. The summed E-state index contributed by atoms with van der Waals surface area (Å²) in [5.41, 5.74) is 2.51. The quantitative estimate of drug-likeness (QED) is 0.760. The van der Waals surface area contributed by atoms with E-state index in [9.17, 15) is 4.39 Å². The van der Waals surface area contributed by atoms with Crippen LogP contribution in [0.25, 0.3) is 0 Å². The Labute approximate surface area is 151 Å². The van der Waals surface area contributed by atoms with Crippen LogP contribution in [0.5, 0.6) is 0 Å². The first-order valence-electron chi connectivity index (χ1n) is 8.04. The minimum absolute atomic E-state index is 0.103. The van der Waals surface area contributed by atoms with Gasteiger partial charge in [-0.15, -0.1) is 0 Å². The lowest BCUT2D eigenvalue weighted by molar-refractivity contribution is 0.602. The predicted octanol–water partition coefficient (Wildman–Crippen LogP) is 5.51. The zero-order valence-corrected chi connectivity index (χ0v) is 15.0. The molecule has 0 amide bonds. The summed E-state index contributed by atoms with van der Waals surface area (Å²) in [6.07, 6.45) is 2.59. The zero-order valence-electron chi connectivity index (χ0n) is 13.5. The van der Waals surface area contributed by atoms with E-state index in [-0.39, 0.29) is 11.9 Å². The highest BCUT2D eigenvalue weighted by Gasteiger charge is 2.21.